The normalized spacial score (nSPS) is 37.8. The highest BCUT2D eigenvalue weighted by Crippen LogP contribution is 2.28. The molecule has 2 fully saturated rings. The second-order valence-corrected chi connectivity index (χ2v) is 3.16. The van der Waals surface area contributed by atoms with E-state index in [0.717, 1.165) is 24.8 Å². The van der Waals surface area contributed by atoms with Gasteiger partial charge in [-0.15, -0.1) is 0 Å². The van der Waals surface area contributed by atoms with Crippen LogP contribution in [0.5, 0.6) is 0 Å². The monoisotopic (exact) mass is 137 g/mol. The average molecular weight is 137 g/mol. The molecule has 2 nitrogen and oxygen atoms in total. The maximum atomic E-state index is 10.3. The molecule has 2 aliphatic rings. The van der Waals surface area contributed by atoms with E-state index in [1.165, 1.54) is 6.42 Å². The zero-order valence-corrected chi connectivity index (χ0v) is 5.89. The van der Waals surface area contributed by atoms with Crippen molar-refractivity contribution in [3.63, 3.8) is 0 Å². The Balaban J connectivity index is 2.21. The van der Waals surface area contributed by atoms with Crippen molar-refractivity contribution in [1.29, 1.82) is 0 Å². The number of hydrogen-bond donors (Lipinski definition) is 1. The summed E-state index contributed by atoms with van der Waals surface area (Å²) in [5.74, 6) is 2.04. The van der Waals surface area contributed by atoms with E-state index in [4.69, 9.17) is 0 Å². The lowest BCUT2D eigenvalue weighted by Crippen LogP contribution is -2.35. The van der Waals surface area contributed by atoms with Crippen LogP contribution in [0.15, 0.2) is 5.57 Å². The van der Waals surface area contributed by atoms with Crippen LogP contribution in [-0.2, 0) is 4.79 Å². The first-order valence-corrected chi connectivity index (χ1v) is 3.90. The lowest BCUT2D eigenvalue weighted by atomic mass is 10.0. The summed E-state index contributed by atoms with van der Waals surface area (Å²) >= 11 is 0. The van der Waals surface area contributed by atoms with E-state index in [2.05, 4.69) is 5.32 Å². The van der Waals surface area contributed by atoms with Crippen molar-refractivity contribution >= 4 is 5.94 Å². The summed E-state index contributed by atoms with van der Waals surface area (Å²) in [6.07, 6.45) is 4.51. The highest BCUT2D eigenvalue weighted by Gasteiger charge is 2.31. The first-order valence-electron chi connectivity index (χ1n) is 3.90. The third-order valence-electron chi connectivity index (χ3n) is 2.55. The molecule has 0 aromatic rings. The van der Waals surface area contributed by atoms with Gasteiger partial charge in [0.15, 0.2) is 0 Å². The first kappa shape index (κ1) is 6.14. The van der Waals surface area contributed by atoms with Gasteiger partial charge in [-0.2, -0.15) is 0 Å². The van der Waals surface area contributed by atoms with E-state index in [1.807, 2.05) is 5.94 Å². The van der Waals surface area contributed by atoms with Gasteiger partial charge in [-0.25, -0.2) is 4.79 Å². The topological polar surface area (TPSA) is 29.1 Å². The summed E-state index contributed by atoms with van der Waals surface area (Å²) in [7, 11) is 0. The Morgan fingerprint density at radius 3 is 3.10 bits per heavy atom. The van der Waals surface area contributed by atoms with Crippen LogP contribution in [-0.4, -0.2) is 18.0 Å². The molecule has 0 aromatic heterocycles. The fourth-order valence-corrected chi connectivity index (χ4v) is 1.95. The molecule has 2 bridgehead atoms. The van der Waals surface area contributed by atoms with Gasteiger partial charge in [0.1, 0.15) is 5.94 Å². The second kappa shape index (κ2) is 2.22. The zero-order chi connectivity index (χ0) is 6.97. The number of hydrogen-bond acceptors (Lipinski definition) is 2. The summed E-state index contributed by atoms with van der Waals surface area (Å²) in [5.41, 5.74) is 0.966. The van der Waals surface area contributed by atoms with Crippen molar-refractivity contribution in [1.82, 2.24) is 5.32 Å². The average Bonchev–Trinajstić information content (AvgIpc) is 2.34. The molecule has 0 spiro atoms. The molecule has 2 heterocycles. The van der Waals surface area contributed by atoms with Crippen molar-refractivity contribution in [2.75, 3.05) is 0 Å². The maximum Gasteiger partial charge on any atom is 0.125 e. The molecular formula is C8H11NO. The molecule has 2 heteroatoms. The summed E-state index contributed by atoms with van der Waals surface area (Å²) in [6, 6.07) is 1.08. The van der Waals surface area contributed by atoms with Gasteiger partial charge in [-0.05, 0) is 25.7 Å². The van der Waals surface area contributed by atoms with E-state index < -0.39 is 0 Å². The molecule has 10 heavy (non-hydrogen) atoms. The Morgan fingerprint density at radius 1 is 1.40 bits per heavy atom. The molecule has 2 aliphatic heterocycles. The summed E-state index contributed by atoms with van der Waals surface area (Å²) in [4.78, 5) is 10.3. The van der Waals surface area contributed by atoms with Crippen LogP contribution < -0.4 is 5.32 Å². The molecule has 0 amide bonds. The Morgan fingerprint density at radius 2 is 2.30 bits per heavy atom. The number of piperidine rings is 1. The van der Waals surface area contributed by atoms with Crippen LogP contribution in [0.2, 0.25) is 0 Å². The molecular weight excluding hydrogens is 126 g/mol. The smallest absolute Gasteiger partial charge is 0.125 e. The summed E-state index contributed by atoms with van der Waals surface area (Å²) in [5, 5.41) is 3.39. The van der Waals surface area contributed by atoms with E-state index in [-0.39, 0.29) is 0 Å². The van der Waals surface area contributed by atoms with Gasteiger partial charge in [-0.1, -0.05) is 0 Å². The highest BCUT2D eigenvalue weighted by atomic mass is 16.1. The minimum Gasteiger partial charge on any atom is -0.307 e. The van der Waals surface area contributed by atoms with Gasteiger partial charge in [-0.3, -0.25) is 0 Å². The van der Waals surface area contributed by atoms with E-state index in [1.54, 1.807) is 0 Å². The van der Waals surface area contributed by atoms with E-state index in [9.17, 15) is 4.79 Å². The standard InChI is InChI=1S/C8H11NO/c10-5-6-1-2-7-3-4-8(6)9-7/h7-9H,1-4H2. The molecule has 1 N–H and O–H groups in total. The van der Waals surface area contributed by atoms with Crippen molar-refractivity contribution in [2.45, 2.75) is 37.8 Å². The lowest BCUT2D eigenvalue weighted by molar-refractivity contribution is 0.477. The van der Waals surface area contributed by atoms with Crippen LogP contribution in [0.4, 0.5) is 0 Å². The summed E-state index contributed by atoms with van der Waals surface area (Å²) in [6.45, 7) is 0. The van der Waals surface area contributed by atoms with E-state index in [0.29, 0.717) is 12.1 Å². The molecule has 2 saturated heterocycles. The van der Waals surface area contributed by atoms with Crippen LogP contribution in [0, 0.1) is 0 Å². The fourth-order valence-electron chi connectivity index (χ4n) is 1.95. The molecule has 2 unspecified atom stereocenters. The molecule has 2 rings (SSSR count). The van der Waals surface area contributed by atoms with Gasteiger partial charge in [0.05, 0.1) is 0 Å². The number of fused-ring (bicyclic) bond motifs is 2. The summed E-state index contributed by atoms with van der Waals surface area (Å²) < 4.78 is 0. The predicted octanol–water partition coefficient (Wildman–Crippen LogP) is 0.659. The van der Waals surface area contributed by atoms with Crippen molar-refractivity contribution in [3.05, 3.63) is 5.57 Å². The Labute approximate surface area is 60.3 Å². The number of rotatable bonds is 0. The van der Waals surface area contributed by atoms with Gasteiger partial charge < -0.3 is 5.32 Å². The minimum atomic E-state index is 0.385. The Kier molecular flexibility index (Phi) is 1.37. The van der Waals surface area contributed by atoms with Crippen molar-refractivity contribution < 1.29 is 4.79 Å². The third-order valence-corrected chi connectivity index (χ3v) is 2.55. The Bertz CT molecular complexity index is 193. The SMILES string of the molecule is O=C=C1CCC2CCC1N2. The number of carbonyl (C=O) groups excluding carboxylic acids is 1. The van der Waals surface area contributed by atoms with Gasteiger partial charge in [0.2, 0.25) is 0 Å². The van der Waals surface area contributed by atoms with Gasteiger partial charge >= 0.3 is 0 Å². The van der Waals surface area contributed by atoms with Gasteiger partial charge in [0, 0.05) is 17.7 Å². The minimum absolute atomic E-state index is 0.385. The molecule has 54 valence electrons. The maximum absolute atomic E-state index is 10.3. The molecule has 0 aliphatic carbocycles. The largest absolute Gasteiger partial charge is 0.307 e. The molecule has 0 saturated carbocycles. The van der Waals surface area contributed by atoms with E-state index >= 15 is 0 Å². The molecule has 0 radical (unpaired) electrons. The molecule has 2 atom stereocenters. The first-order chi connectivity index (χ1) is 4.90. The van der Waals surface area contributed by atoms with Crippen LogP contribution >= 0.6 is 0 Å². The van der Waals surface area contributed by atoms with Crippen molar-refractivity contribution in [2.24, 2.45) is 0 Å². The van der Waals surface area contributed by atoms with Crippen LogP contribution in [0.1, 0.15) is 25.7 Å². The second-order valence-electron chi connectivity index (χ2n) is 3.16. The predicted molar refractivity (Wildman–Crippen MR) is 38.4 cm³/mol. The van der Waals surface area contributed by atoms with Gasteiger partial charge in [0.25, 0.3) is 0 Å². The number of nitrogens with one attached hydrogen (secondary N) is 1. The van der Waals surface area contributed by atoms with Crippen LogP contribution in [0.3, 0.4) is 0 Å². The van der Waals surface area contributed by atoms with Crippen molar-refractivity contribution in [3.8, 4) is 0 Å². The quantitative estimate of drug-likeness (QED) is 0.497. The van der Waals surface area contributed by atoms with Crippen LogP contribution in [0.25, 0.3) is 0 Å². The zero-order valence-electron chi connectivity index (χ0n) is 5.89. The molecule has 0 aromatic carbocycles. The Hall–Kier alpha value is -0.590. The highest BCUT2D eigenvalue weighted by molar-refractivity contribution is 5.55. The third kappa shape index (κ3) is 0.808. The lowest BCUT2D eigenvalue weighted by Gasteiger charge is -2.20. The fraction of sp³-hybridized carbons (Fsp3) is 0.750.